The smallest absolute Gasteiger partial charge is 0.303 e. The first-order chi connectivity index (χ1) is 7.30. The van der Waals surface area contributed by atoms with Crippen molar-refractivity contribution in [3.8, 4) is 12.3 Å². The molecule has 0 heterocycles. The zero-order valence-electron chi connectivity index (χ0n) is 10.0. The number of aliphatic carboxylic acids is 1. The van der Waals surface area contributed by atoms with Gasteiger partial charge in [-0.2, -0.15) is 0 Å². The fraction of sp³-hybridized carbons (Fsp3) is 0.667. The number of carboxylic acid groups (broad SMARTS) is 1. The average molecular weight is 225 g/mol. The van der Waals surface area contributed by atoms with Crippen LogP contribution in [0.15, 0.2) is 0 Å². The van der Waals surface area contributed by atoms with Crippen molar-refractivity contribution in [2.45, 2.75) is 46.1 Å². The Morgan fingerprint density at radius 3 is 2.38 bits per heavy atom. The van der Waals surface area contributed by atoms with Gasteiger partial charge in [0.05, 0.1) is 12.5 Å². The van der Waals surface area contributed by atoms with Crippen molar-refractivity contribution in [3.05, 3.63) is 0 Å². The van der Waals surface area contributed by atoms with Crippen molar-refractivity contribution in [2.75, 3.05) is 0 Å². The fourth-order valence-corrected chi connectivity index (χ4v) is 1.41. The summed E-state index contributed by atoms with van der Waals surface area (Å²) < 4.78 is 0. The number of hydrogen-bond acceptors (Lipinski definition) is 2. The van der Waals surface area contributed by atoms with Crippen LogP contribution >= 0.6 is 0 Å². The molecule has 0 fully saturated rings. The molecule has 1 unspecified atom stereocenters. The molecule has 90 valence electrons. The predicted octanol–water partition coefficient (Wildman–Crippen LogP) is 1.41. The summed E-state index contributed by atoms with van der Waals surface area (Å²) in [5.74, 6) is 1.36. The fourth-order valence-electron chi connectivity index (χ4n) is 1.41. The molecule has 0 spiro atoms. The first kappa shape index (κ1) is 14.5. The van der Waals surface area contributed by atoms with Crippen LogP contribution in [0.5, 0.6) is 0 Å². The molecule has 2 N–H and O–H groups in total. The molecule has 0 aromatic rings. The lowest BCUT2D eigenvalue weighted by atomic mass is 9.85. The summed E-state index contributed by atoms with van der Waals surface area (Å²) in [6.45, 7) is 5.38. The lowest BCUT2D eigenvalue weighted by Gasteiger charge is -2.22. The molecular formula is C12H19NO3. The Hall–Kier alpha value is -1.50. The summed E-state index contributed by atoms with van der Waals surface area (Å²) in [4.78, 5) is 22.1. The molecule has 1 amide bonds. The maximum Gasteiger partial charge on any atom is 0.303 e. The van der Waals surface area contributed by atoms with E-state index in [0.717, 1.165) is 0 Å². The van der Waals surface area contributed by atoms with Crippen LogP contribution in [-0.4, -0.2) is 23.0 Å². The zero-order valence-corrected chi connectivity index (χ0v) is 10.0. The quantitative estimate of drug-likeness (QED) is 0.671. The molecule has 0 aliphatic carbocycles. The first-order valence-electron chi connectivity index (χ1n) is 5.28. The summed E-state index contributed by atoms with van der Waals surface area (Å²) in [6.07, 6.45) is 6.02. The van der Waals surface area contributed by atoms with E-state index in [1.54, 1.807) is 13.8 Å². The largest absolute Gasteiger partial charge is 0.481 e. The highest BCUT2D eigenvalue weighted by Crippen LogP contribution is 2.24. The van der Waals surface area contributed by atoms with E-state index in [4.69, 9.17) is 11.5 Å². The van der Waals surface area contributed by atoms with Crippen molar-refractivity contribution in [3.63, 3.8) is 0 Å². The number of carbonyl (C=O) groups is 2. The zero-order chi connectivity index (χ0) is 12.8. The number of nitrogens with one attached hydrogen (secondary N) is 1. The number of amides is 1. The third-order valence-electron chi connectivity index (χ3n) is 2.21. The molecule has 0 rings (SSSR count). The van der Waals surface area contributed by atoms with Crippen molar-refractivity contribution in [2.24, 2.45) is 5.41 Å². The molecule has 0 aliphatic heterocycles. The van der Waals surface area contributed by atoms with Gasteiger partial charge in [-0.25, -0.2) is 0 Å². The Morgan fingerprint density at radius 2 is 2.00 bits per heavy atom. The first-order valence-corrected chi connectivity index (χ1v) is 5.28. The number of terminal acetylenes is 1. The third-order valence-corrected chi connectivity index (χ3v) is 2.21. The van der Waals surface area contributed by atoms with Crippen molar-refractivity contribution in [1.82, 2.24) is 5.32 Å². The van der Waals surface area contributed by atoms with Crippen molar-refractivity contribution < 1.29 is 14.7 Å². The Balaban J connectivity index is 4.24. The standard InChI is InChI=1S/C12H19NO3/c1-5-9(6-2)13-10(14)7-12(3,4)8-11(15)16/h1,9H,6-8H2,2-4H3,(H,13,14)(H,15,16). The molecule has 0 radical (unpaired) electrons. The van der Waals surface area contributed by atoms with Gasteiger partial charge in [-0.3, -0.25) is 9.59 Å². The molecule has 0 saturated carbocycles. The van der Waals surface area contributed by atoms with Gasteiger partial charge in [-0.05, 0) is 11.8 Å². The second-order valence-corrected chi connectivity index (χ2v) is 4.61. The van der Waals surface area contributed by atoms with Gasteiger partial charge in [0.15, 0.2) is 0 Å². The summed E-state index contributed by atoms with van der Waals surface area (Å²) in [7, 11) is 0. The second-order valence-electron chi connectivity index (χ2n) is 4.61. The van der Waals surface area contributed by atoms with Gasteiger partial charge in [0, 0.05) is 6.42 Å². The van der Waals surface area contributed by atoms with Crippen molar-refractivity contribution >= 4 is 11.9 Å². The van der Waals surface area contributed by atoms with Crippen LogP contribution in [0.25, 0.3) is 0 Å². The Labute approximate surface area is 96.4 Å². The SMILES string of the molecule is C#CC(CC)NC(=O)CC(C)(C)CC(=O)O. The Kier molecular flexibility index (Phi) is 5.59. The van der Waals surface area contributed by atoms with Gasteiger partial charge in [0.2, 0.25) is 5.91 Å². The van der Waals surface area contributed by atoms with E-state index < -0.39 is 11.4 Å². The number of carbonyl (C=O) groups excluding carboxylic acids is 1. The lowest BCUT2D eigenvalue weighted by molar-refractivity contribution is -0.139. The molecule has 0 aliphatic rings. The molecular weight excluding hydrogens is 206 g/mol. The molecule has 1 atom stereocenters. The van der Waals surface area contributed by atoms with Crippen LogP contribution in [0, 0.1) is 17.8 Å². The van der Waals surface area contributed by atoms with Crippen molar-refractivity contribution in [1.29, 1.82) is 0 Å². The Bertz CT molecular complexity index is 302. The van der Waals surface area contributed by atoms with E-state index in [0.29, 0.717) is 6.42 Å². The maximum absolute atomic E-state index is 11.6. The highest BCUT2D eigenvalue weighted by molar-refractivity contribution is 5.78. The van der Waals surface area contributed by atoms with Crippen LogP contribution < -0.4 is 5.32 Å². The minimum atomic E-state index is -0.901. The van der Waals surface area contributed by atoms with E-state index in [1.165, 1.54) is 0 Å². The highest BCUT2D eigenvalue weighted by Gasteiger charge is 2.25. The van der Waals surface area contributed by atoms with Gasteiger partial charge in [-0.1, -0.05) is 26.7 Å². The van der Waals surface area contributed by atoms with E-state index in [-0.39, 0.29) is 24.8 Å². The Morgan fingerprint density at radius 1 is 1.44 bits per heavy atom. The minimum Gasteiger partial charge on any atom is -0.481 e. The van der Waals surface area contributed by atoms with E-state index in [9.17, 15) is 9.59 Å². The third kappa shape index (κ3) is 6.07. The van der Waals surface area contributed by atoms with Gasteiger partial charge < -0.3 is 10.4 Å². The van der Waals surface area contributed by atoms with Gasteiger partial charge >= 0.3 is 5.97 Å². The van der Waals surface area contributed by atoms with Crippen LogP contribution in [0.4, 0.5) is 0 Å². The average Bonchev–Trinajstić information content (AvgIpc) is 2.10. The summed E-state index contributed by atoms with van der Waals surface area (Å²) in [6, 6.07) is -0.270. The van der Waals surface area contributed by atoms with Gasteiger partial charge in [-0.15, -0.1) is 6.42 Å². The normalized spacial score (nSPS) is 12.6. The van der Waals surface area contributed by atoms with Crippen LogP contribution in [-0.2, 0) is 9.59 Å². The van der Waals surface area contributed by atoms with Crippen LogP contribution in [0.3, 0.4) is 0 Å². The molecule has 16 heavy (non-hydrogen) atoms. The molecule has 0 saturated heterocycles. The van der Waals surface area contributed by atoms with E-state index >= 15 is 0 Å². The summed E-state index contributed by atoms with van der Waals surface area (Å²) >= 11 is 0. The minimum absolute atomic E-state index is 0.0345. The predicted molar refractivity (Wildman–Crippen MR) is 61.7 cm³/mol. The topological polar surface area (TPSA) is 66.4 Å². The summed E-state index contributed by atoms with van der Waals surface area (Å²) in [5, 5.41) is 11.3. The van der Waals surface area contributed by atoms with E-state index in [1.807, 2.05) is 6.92 Å². The monoisotopic (exact) mass is 225 g/mol. The second kappa shape index (κ2) is 6.16. The van der Waals surface area contributed by atoms with Crippen LogP contribution in [0.1, 0.15) is 40.0 Å². The molecule has 0 aromatic heterocycles. The van der Waals surface area contributed by atoms with Gasteiger partial charge in [0.25, 0.3) is 0 Å². The summed E-state index contributed by atoms with van der Waals surface area (Å²) in [5.41, 5.74) is -0.553. The van der Waals surface area contributed by atoms with E-state index in [2.05, 4.69) is 11.2 Å². The maximum atomic E-state index is 11.6. The highest BCUT2D eigenvalue weighted by atomic mass is 16.4. The van der Waals surface area contributed by atoms with Crippen LogP contribution in [0.2, 0.25) is 0 Å². The molecule has 4 heteroatoms. The number of hydrogen-bond donors (Lipinski definition) is 2. The van der Waals surface area contributed by atoms with Gasteiger partial charge in [0.1, 0.15) is 0 Å². The molecule has 0 aromatic carbocycles. The number of carboxylic acids is 1. The lowest BCUT2D eigenvalue weighted by Crippen LogP contribution is -2.36. The molecule has 0 bridgehead atoms. The number of rotatable bonds is 6. The molecule has 4 nitrogen and oxygen atoms in total.